The Hall–Kier alpha value is -1.54. The van der Waals surface area contributed by atoms with Crippen LogP contribution in [0.15, 0.2) is 36.4 Å². The van der Waals surface area contributed by atoms with Gasteiger partial charge < -0.3 is 5.73 Å². The van der Waals surface area contributed by atoms with Crippen molar-refractivity contribution in [2.24, 2.45) is 5.92 Å². The zero-order valence-corrected chi connectivity index (χ0v) is 13.2. The maximum absolute atomic E-state index is 6.27. The van der Waals surface area contributed by atoms with E-state index in [0.717, 1.165) is 18.2 Å². The molecule has 0 saturated heterocycles. The molecule has 0 radical (unpaired) electrons. The summed E-state index contributed by atoms with van der Waals surface area (Å²) in [5, 5.41) is 2.51. The molecule has 21 heavy (non-hydrogen) atoms. The summed E-state index contributed by atoms with van der Waals surface area (Å²) in [6.45, 7) is 3.33. The highest BCUT2D eigenvalue weighted by Gasteiger charge is 2.22. The minimum Gasteiger partial charge on any atom is -0.398 e. The minimum absolute atomic E-state index is 0.708. The summed E-state index contributed by atoms with van der Waals surface area (Å²) < 4.78 is 0. The highest BCUT2D eigenvalue weighted by molar-refractivity contribution is 5.86. The standard InChI is InChI=1S/C19H26N2/c1-14-6-5-9-18(10-14)21(2)13-17-11-15-7-3-4-8-16(15)12-19(17)20/h3-4,7-8,11-12,14,18H,5-6,9-10,13,20H2,1-2H3. The summed E-state index contributed by atoms with van der Waals surface area (Å²) in [5.74, 6) is 0.861. The van der Waals surface area contributed by atoms with Crippen LogP contribution in [0.4, 0.5) is 5.69 Å². The van der Waals surface area contributed by atoms with Gasteiger partial charge >= 0.3 is 0 Å². The predicted molar refractivity (Wildman–Crippen MR) is 91.2 cm³/mol. The molecule has 0 spiro atoms. The molecule has 2 atom stereocenters. The van der Waals surface area contributed by atoms with Crippen molar-refractivity contribution in [3.05, 3.63) is 42.0 Å². The number of nitrogens with two attached hydrogens (primary N) is 1. The summed E-state index contributed by atoms with van der Waals surface area (Å²) >= 11 is 0. The van der Waals surface area contributed by atoms with Crippen molar-refractivity contribution in [1.29, 1.82) is 0 Å². The van der Waals surface area contributed by atoms with Gasteiger partial charge in [-0.3, -0.25) is 4.90 Å². The fourth-order valence-corrected chi connectivity index (χ4v) is 3.64. The number of anilines is 1. The molecular weight excluding hydrogens is 256 g/mol. The largest absolute Gasteiger partial charge is 0.398 e. The van der Waals surface area contributed by atoms with Crippen LogP contribution in [0.5, 0.6) is 0 Å². The number of nitrogen functional groups attached to an aromatic ring is 1. The third-order valence-corrected chi connectivity index (χ3v) is 4.96. The highest BCUT2D eigenvalue weighted by Crippen LogP contribution is 2.29. The summed E-state index contributed by atoms with van der Waals surface area (Å²) in [6, 6.07) is 13.5. The molecule has 0 bridgehead atoms. The van der Waals surface area contributed by atoms with Crippen LogP contribution < -0.4 is 5.73 Å². The van der Waals surface area contributed by atoms with Gasteiger partial charge in [0.05, 0.1) is 0 Å². The van der Waals surface area contributed by atoms with Crippen molar-refractivity contribution in [3.63, 3.8) is 0 Å². The second-order valence-electron chi connectivity index (χ2n) is 6.74. The Morgan fingerprint density at radius 3 is 2.57 bits per heavy atom. The van der Waals surface area contributed by atoms with E-state index in [9.17, 15) is 0 Å². The second kappa shape index (κ2) is 6.07. The summed E-state index contributed by atoms with van der Waals surface area (Å²) in [4.78, 5) is 2.50. The molecule has 3 rings (SSSR count). The van der Waals surface area contributed by atoms with E-state index in [-0.39, 0.29) is 0 Å². The third-order valence-electron chi connectivity index (χ3n) is 4.96. The Balaban J connectivity index is 1.79. The minimum atomic E-state index is 0.708. The number of nitrogens with zero attached hydrogens (tertiary/aromatic N) is 1. The summed E-state index contributed by atoms with van der Waals surface area (Å²) in [5.41, 5.74) is 8.44. The lowest BCUT2D eigenvalue weighted by molar-refractivity contribution is 0.158. The quantitative estimate of drug-likeness (QED) is 0.844. The van der Waals surface area contributed by atoms with Crippen molar-refractivity contribution in [3.8, 4) is 0 Å². The van der Waals surface area contributed by atoms with E-state index in [0.29, 0.717) is 6.04 Å². The first kappa shape index (κ1) is 14.4. The van der Waals surface area contributed by atoms with E-state index in [4.69, 9.17) is 5.73 Å². The monoisotopic (exact) mass is 282 g/mol. The lowest BCUT2D eigenvalue weighted by atomic mass is 9.86. The Bertz CT molecular complexity index is 620. The van der Waals surface area contributed by atoms with Gasteiger partial charge in [0.1, 0.15) is 0 Å². The first-order valence-corrected chi connectivity index (χ1v) is 8.11. The molecule has 2 nitrogen and oxygen atoms in total. The van der Waals surface area contributed by atoms with Crippen LogP contribution in [0.2, 0.25) is 0 Å². The average Bonchev–Trinajstić information content (AvgIpc) is 2.48. The lowest BCUT2D eigenvalue weighted by Crippen LogP contribution is -2.35. The van der Waals surface area contributed by atoms with E-state index in [1.54, 1.807) is 0 Å². The molecule has 2 heteroatoms. The normalized spacial score (nSPS) is 22.8. The van der Waals surface area contributed by atoms with E-state index in [1.165, 1.54) is 42.0 Å². The molecule has 1 aliphatic carbocycles. The maximum atomic E-state index is 6.27. The second-order valence-corrected chi connectivity index (χ2v) is 6.74. The van der Waals surface area contributed by atoms with Crippen LogP contribution in [0.3, 0.4) is 0 Å². The fourth-order valence-electron chi connectivity index (χ4n) is 3.64. The maximum Gasteiger partial charge on any atom is 0.0366 e. The topological polar surface area (TPSA) is 29.3 Å². The van der Waals surface area contributed by atoms with Crippen molar-refractivity contribution in [1.82, 2.24) is 4.90 Å². The summed E-state index contributed by atoms with van der Waals surface area (Å²) in [6.07, 6.45) is 5.41. The summed E-state index contributed by atoms with van der Waals surface area (Å²) in [7, 11) is 2.25. The van der Waals surface area contributed by atoms with Gasteiger partial charge in [-0.15, -0.1) is 0 Å². The lowest BCUT2D eigenvalue weighted by Gasteiger charge is -2.34. The number of hydrogen-bond donors (Lipinski definition) is 1. The molecule has 0 aromatic heterocycles. The molecule has 2 unspecified atom stereocenters. The van der Waals surface area contributed by atoms with E-state index >= 15 is 0 Å². The highest BCUT2D eigenvalue weighted by atomic mass is 15.1. The van der Waals surface area contributed by atoms with E-state index in [2.05, 4.69) is 55.3 Å². The van der Waals surface area contributed by atoms with Gasteiger partial charge in [-0.2, -0.15) is 0 Å². The van der Waals surface area contributed by atoms with Gasteiger partial charge in [0.2, 0.25) is 0 Å². The predicted octanol–water partition coefficient (Wildman–Crippen LogP) is 4.43. The Morgan fingerprint density at radius 1 is 1.14 bits per heavy atom. The first-order valence-electron chi connectivity index (χ1n) is 8.11. The number of fused-ring (bicyclic) bond motifs is 1. The van der Waals surface area contributed by atoms with Gasteiger partial charge in [0.25, 0.3) is 0 Å². The molecule has 1 aliphatic rings. The van der Waals surface area contributed by atoms with Crippen LogP contribution >= 0.6 is 0 Å². The first-order chi connectivity index (χ1) is 10.1. The van der Waals surface area contributed by atoms with Gasteiger partial charge in [0.15, 0.2) is 0 Å². The van der Waals surface area contributed by atoms with Crippen LogP contribution in [-0.2, 0) is 6.54 Å². The van der Waals surface area contributed by atoms with Gasteiger partial charge in [0, 0.05) is 18.3 Å². The van der Waals surface area contributed by atoms with Crippen LogP contribution in [0.1, 0.15) is 38.2 Å². The third kappa shape index (κ3) is 3.21. The van der Waals surface area contributed by atoms with Crippen LogP contribution in [0, 0.1) is 5.92 Å². The van der Waals surface area contributed by atoms with Crippen LogP contribution in [0.25, 0.3) is 10.8 Å². The molecular formula is C19H26N2. The Kier molecular flexibility index (Phi) is 4.16. The molecule has 2 N–H and O–H groups in total. The molecule has 0 heterocycles. The van der Waals surface area contributed by atoms with Crippen LogP contribution in [-0.4, -0.2) is 18.0 Å². The van der Waals surface area contributed by atoms with Crippen molar-refractivity contribution >= 4 is 16.5 Å². The number of rotatable bonds is 3. The number of hydrogen-bond acceptors (Lipinski definition) is 2. The Morgan fingerprint density at radius 2 is 1.86 bits per heavy atom. The van der Waals surface area contributed by atoms with Crippen molar-refractivity contribution < 1.29 is 0 Å². The van der Waals surface area contributed by atoms with E-state index in [1.807, 2.05) is 0 Å². The average molecular weight is 282 g/mol. The van der Waals surface area contributed by atoms with Crippen molar-refractivity contribution in [2.75, 3.05) is 12.8 Å². The van der Waals surface area contributed by atoms with Gasteiger partial charge in [-0.1, -0.05) is 44.0 Å². The fraction of sp³-hybridized carbons (Fsp3) is 0.474. The van der Waals surface area contributed by atoms with E-state index < -0.39 is 0 Å². The number of benzene rings is 2. The zero-order valence-electron chi connectivity index (χ0n) is 13.2. The SMILES string of the molecule is CC1CCCC(N(C)Cc2cc3ccccc3cc2N)C1. The molecule has 1 fully saturated rings. The Labute approximate surface area is 127 Å². The molecule has 112 valence electrons. The van der Waals surface area contributed by atoms with Crippen molar-refractivity contribution in [2.45, 2.75) is 45.2 Å². The smallest absolute Gasteiger partial charge is 0.0366 e. The molecule has 0 aliphatic heterocycles. The van der Waals surface area contributed by atoms with Gasteiger partial charge in [-0.25, -0.2) is 0 Å². The molecule has 0 amide bonds. The zero-order chi connectivity index (χ0) is 14.8. The molecule has 1 saturated carbocycles. The molecule has 2 aromatic carbocycles. The molecule has 2 aromatic rings. The van der Waals surface area contributed by atoms with Gasteiger partial charge in [-0.05, 0) is 54.3 Å².